The molecule has 2 heterocycles. The predicted octanol–water partition coefficient (Wildman–Crippen LogP) is 1.78. The van der Waals surface area contributed by atoms with E-state index in [1.165, 1.54) is 65.0 Å². The summed E-state index contributed by atoms with van der Waals surface area (Å²) in [6, 6.07) is 0. The van der Waals surface area contributed by atoms with E-state index in [1.807, 2.05) is 0 Å². The van der Waals surface area contributed by atoms with E-state index >= 15 is 0 Å². The average molecular weight is 313 g/mol. The summed E-state index contributed by atoms with van der Waals surface area (Å²) in [6.45, 7) is 7.79. The molecular weight excluding hydrogens is 272 g/mol. The molecule has 2 saturated heterocycles. The molecule has 0 saturated carbocycles. The molecule has 2 fully saturated rings. The van der Waals surface area contributed by atoms with E-state index in [0.29, 0.717) is 0 Å². The molecule has 0 radical (unpaired) electrons. The maximum Gasteiger partial charge on any atom is 0.00226 e. The van der Waals surface area contributed by atoms with Crippen LogP contribution in [0, 0.1) is 11.8 Å². The Bertz CT molecular complexity index is 240. The van der Waals surface area contributed by atoms with Gasteiger partial charge in [-0.2, -0.15) is 0 Å². The van der Waals surface area contributed by atoms with Crippen LogP contribution in [0.15, 0.2) is 0 Å². The van der Waals surface area contributed by atoms with Crippen LogP contribution in [0.4, 0.5) is 0 Å². The third-order valence-electron chi connectivity index (χ3n) is 4.81. The zero-order valence-corrected chi connectivity index (χ0v) is 16.0. The molecule has 0 aromatic carbocycles. The van der Waals surface area contributed by atoms with Crippen LogP contribution in [-0.2, 0) is 0 Å². The van der Waals surface area contributed by atoms with Crippen molar-refractivity contribution in [1.29, 1.82) is 0 Å². The number of unbranched alkanes of at least 4 members (excludes halogenated alkanes) is 3. The van der Waals surface area contributed by atoms with Gasteiger partial charge in [-0.15, -0.1) is 0 Å². The van der Waals surface area contributed by atoms with Gasteiger partial charge in [-0.05, 0) is 80.1 Å². The van der Waals surface area contributed by atoms with Gasteiger partial charge in [0, 0.05) is 26.2 Å². The van der Waals surface area contributed by atoms with E-state index in [-0.39, 0.29) is 0 Å². The summed E-state index contributed by atoms with van der Waals surface area (Å²) in [5, 5.41) is 0. The van der Waals surface area contributed by atoms with Gasteiger partial charge in [-0.25, -0.2) is 0 Å². The van der Waals surface area contributed by atoms with Crippen molar-refractivity contribution in [2.45, 2.75) is 25.7 Å². The molecule has 2 aliphatic heterocycles. The van der Waals surface area contributed by atoms with Crippen molar-refractivity contribution < 1.29 is 0 Å². The first kappa shape index (κ1) is 19.9. The van der Waals surface area contributed by atoms with Crippen molar-refractivity contribution in [3.05, 3.63) is 0 Å². The summed E-state index contributed by atoms with van der Waals surface area (Å²) in [7, 11) is 13.0. The van der Waals surface area contributed by atoms with Crippen molar-refractivity contribution in [1.82, 2.24) is 19.6 Å². The summed E-state index contributed by atoms with van der Waals surface area (Å²) in [5.74, 6) is 1.96. The standard InChI is InChI=1S/C10H24N2.C8H16N2/c1-11(2)9-7-5-6-8-10-12(3)4;1-9-3-7-5-10(2)6-8(7)4-9/h5-10H2,1-4H3;7-8H,3-6H2,1-2H3. The van der Waals surface area contributed by atoms with Gasteiger partial charge in [0.1, 0.15) is 0 Å². The van der Waals surface area contributed by atoms with Gasteiger partial charge in [0.25, 0.3) is 0 Å². The molecule has 2 aliphatic rings. The van der Waals surface area contributed by atoms with Crippen molar-refractivity contribution >= 4 is 0 Å². The molecule has 0 bridgehead atoms. The Balaban J connectivity index is 0.000000222. The summed E-state index contributed by atoms with van der Waals surface area (Å²) in [6.07, 6.45) is 5.46. The quantitative estimate of drug-likeness (QED) is 0.664. The summed E-state index contributed by atoms with van der Waals surface area (Å²) in [5.41, 5.74) is 0. The van der Waals surface area contributed by atoms with E-state index in [1.54, 1.807) is 0 Å². The van der Waals surface area contributed by atoms with E-state index in [9.17, 15) is 0 Å². The Hall–Kier alpha value is -0.160. The van der Waals surface area contributed by atoms with E-state index in [2.05, 4.69) is 61.9 Å². The maximum atomic E-state index is 2.46. The highest BCUT2D eigenvalue weighted by molar-refractivity contribution is 4.90. The number of likely N-dealkylation sites (tertiary alicyclic amines) is 2. The lowest BCUT2D eigenvalue weighted by molar-refractivity contribution is 0.316. The largest absolute Gasteiger partial charge is 0.309 e. The summed E-state index contributed by atoms with van der Waals surface area (Å²) < 4.78 is 0. The number of hydrogen-bond donors (Lipinski definition) is 0. The first-order valence-corrected chi connectivity index (χ1v) is 9.05. The van der Waals surface area contributed by atoms with Crippen LogP contribution in [0.3, 0.4) is 0 Å². The molecule has 0 aromatic rings. The fourth-order valence-electron chi connectivity index (χ4n) is 3.67. The first-order chi connectivity index (χ1) is 10.4. The molecular formula is C18H40N4. The van der Waals surface area contributed by atoms with Crippen LogP contribution in [-0.4, -0.2) is 101 Å². The minimum Gasteiger partial charge on any atom is -0.309 e. The second-order valence-electron chi connectivity index (χ2n) is 7.98. The summed E-state index contributed by atoms with van der Waals surface area (Å²) >= 11 is 0. The Labute approximate surface area is 139 Å². The van der Waals surface area contributed by atoms with Gasteiger partial charge >= 0.3 is 0 Å². The Morgan fingerprint density at radius 2 is 0.955 bits per heavy atom. The lowest BCUT2D eigenvalue weighted by Gasteiger charge is -2.12. The predicted molar refractivity (Wildman–Crippen MR) is 97.6 cm³/mol. The molecule has 22 heavy (non-hydrogen) atoms. The first-order valence-electron chi connectivity index (χ1n) is 9.05. The minimum absolute atomic E-state index is 0.981. The van der Waals surface area contributed by atoms with Gasteiger partial charge < -0.3 is 19.6 Å². The molecule has 132 valence electrons. The van der Waals surface area contributed by atoms with Crippen LogP contribution >= 0.6 is 0 Å². The summed E-state index contributed by atoms with van der Waals surface area (Å²) in [4.78, 5) is 9.43. The zero-order chi connectivity index (χ0) is 16.5. The molecule has 0 amide bonds. The number of hydrogen-bond acceptors (Lipinski definition) is 4. The van der Waals surface area contributed by atoms with Crippen molar-refractivity contribution in [2.24, 2.45) is 11.8 Å². The molecule has 4 heteroatoms. The zero-order valence-electron chi connectivity index (χ0n) is 16.0. The third kappa shape index (κ3) is 8.47. The fraction of sp³-hybridized carbons (Fsp3) is 1.00. The van der Waals surface area contributed by atoms with Crippen LogP contribution < -0.4 is 0 Å². The normalized spacial score (nSPS) is 25.6. The number of rotatable bonds is 7. The third-order valence-corrected chi connectivity index (χ3v) is 4.81. The highest BCUT2D eigenvalue weighted by Gasteiger charge is 2.36. The molecule has 2 rings (SSSR count). The van der Waals surface area contributed by atoms with Gasteiger partial charge in [-0.1, -0.05) is 12.8 Å². The average Bonchev–Trinajstić information content (AvgIpc) is 2.89. The Morgan fingerprint density at radius 3 is 1.23 bits per heavy atom. The number of nitrogens with zero attached hydrogens (tertiary/aromatic N) is 4. The Kier molecular flexibility index (Phi) is 9.57. The van der Waals surface area contributed by atoms with Crippen LogP contribution in [0.25, 0.3) is 0 Å². The molecule has 4 nitrogen and oxygen atoms in total. The van der Waals surface area contributed by atoms with Gasteiger partial charge in [-0.3, -0.25) is 0 Å². The van der Waals surface area contributed by atoms with Gasteiger partial charge in [0.05, 0.1) is 0 Å². The topological polar surface area (TPSA) is 13.0 Å². The molecule has 0 atom stereocenters. The van der Waals surface area contributed by atoms with Crippen molar-refractivity contribution in [3.63, 3.8) is 0 Å². The van der Waals surface area contributed by atoms with Crippen LogP contribution in [0.5, 0.6) is 0 Å². The van der Waals surface area contributed by atoms with Crippen LogP contribution in [0.2, 0.25) is 0 Å². The molecule has 0 N–H and O–H groups in total. The second kappa shape index (κ2) is 10.6. The lowest BCUT2D eigenvalue weighted by atomic mass is 10.0. The van der Waals surface area contributed by atoms with E-state index < -0.39 is 0 Å². The van der Waals surface area contributed by atoms with E-state index in [4.69, 9.17) is 0 Å². The molecule has 0 aromatic heterocycles. The second-order valence-corrected chi connectivity index (χ2v) is 7.98. The van der Waals surface area contributed by atoms with Gasteiger partial charge in [0.15, 0.2) is 0 Å². The minimum atomic E-state index is 0.981. The SMILES string of the molecule is CN(C)CCCCCCN(C)C.CN1CC2CN(C)CC2C1. The smallest absolute Gasteiger partial charge is 0.00226 e. The van der Waals surface area contributed by atoms with Crippen molar-refractivity contribution in [2.75, 3.05) is 81.6 Å². The lowest BCUT2D eigenvalue weighted by Crippen LogP contribution is -2.23. The van der Waals surface area contributed by atoms with Crippen LogP contribution in [0.1, 0.15) is 25.7 Å². The maximum absolute atomic E-state index is 2.46. The van der Waals surface area contributed by atoms with Crippen molar-refractivity contribution in [3.8, 4) is 0 Å². The Morgan fingerprint density at radius 1 is 0.636 bits per heavy atom. The number of fused-ring (bicyclic) bond motifs is 1. The monoisotopic (exact) mass is 312 g/mol. The van der Waals surface area contributed by atoms with Gasteiger partial charge in [0.2, 0.25) is 0 Å². The molecule has 0 aliphatic carbocycles. The molecule has 0 spiro atoms. The molecule has 0 unspecified atom stereocenters. The highest BCUT2D eigenvalue weighted by Crippen LogP contribution is 2.28. The highest BCUT2D eigenvalue weighted by atomic mass is 15.2. The fourth-order valence-corrected chi connectivity index (χ4v) is 3.67. The van der Waals surface area contributed by atoms with E-state index in [0.717, 1.165) is 11.8 Å².